The average molecular weight is 232 g/mol. The van der Waals surface area contributed by atoms with Crippen LogP contribution in [0.4, 0.5) is 5.82 Å². The summed E-state index contributed by atoms with van der Waals surface area (Å²) in [6.45, 7) is 3.25. The minimum atomic E-state index is 0.111. The smallest absolute Gasteiger partial charge is 0.129 e. The first-order chi connectivity index (χ1) is 8.22. The van der Waals surface area contributed by atoms with Gasteiger partial charge < -0.3 is 10.6 Å². The Bertz CT molecular complexity index is 398. The highest BCUT2D eigenvalue weighted by Crippen LogP contribution is 2.31. The van der Waals surface area contributed by atoms with E-state index >= 15 is 0 Å². The number of rotatable bonds is 6. The first-order valence-electron chi connectivity index (χ1n) is 6.29. The van der Waals surface area contributed by atoms with Gasteiger partial charge in [0.05, 0.1) is 0 Å². The van der Waals surface area contributed by atoms with Crippen LogP contribution in [-0.4, -0.2) is 23.4 Å². The van der Waals surface area contributed by atoms with E-state index in [9.17, 15) is 0 Å². The van der Waals surface area contributed by atoms with Crippen LogP contribution in [0.2, 0.25) is 0 Å². The van der Waals surface area contributed by atoms with Gasteiger partial charge in [-0.25, -0.2) is 4.98 Å². The van der Waals surface area contributed by atoms with E-state index in [1.807, 2.05) is 6.07 Å². The fourth-order valence-electron chi connectivity index (χ4n) is 1.94. The molecule has 1 aliphatic rings. The Hall–Kier alpha value is -1.58. The fourth-order valence-corrected chi connectivity index (χ4v) is 1.94. The summed E-state index contributed by atoms with van der Waals surface area (Å²) in [5.74, 6) is 1.08. The molecule has 0 aromatic carbocycles. The van der Waals surface area contributed by atoms with Crippen molar-refractivity contribution in [1.82, 2.24) is 4.98 Å². The van der Waals surface area contributed by atoms with E-state index in [4.69, 9.17) is 11.1 Å². The van der Waals surface area contributed by atoms with Crippen molar-refractivity contribution < 1.29 is 0 Å². The summed E-state index contributed by atoms with van der Waals surface area (Å²) in [6, 6.07) is 4.36. The lowest BCUT2D eigenvalue weighted by molar-refractivity contribution is 0.704. The van der Waals surface area contributed by atoms with Crippen molar-refractivity contribution in [3.05, 3.63) is 23.9 Å². The SMILES string of the molecule is CCCCN(c1cc(C(=N)N)ccn1)C1CC1. The Kier molecular flexibility index (Phi) is 3.61. The molecule has 92 valence electrons. The summed E-state index contributed by atoms with van der Waals surface area (Å²) < 4.78 is 0. The van der Waals surface area contributed by atoms with E-state index in [1.54, 1.807) is 12.3 Å². The molecule has 1 aromatic heterocycles. The number of amidine groups is 1. The number of nitrogens with zero attached hydrogens (tertiary/aromatic N) is 2. The van der Waals surface area contributed by atoms with Gasteiger partial charge in [-0.15, -0.1) is 0 Å². The number of unbranched alkanes of at least 4 members (excludes halogenated alkanes) is 1. The highest BCUT2D eigenvalue weighted by Gasteiger charge is 2.29. The maximum Gasteiger partial charge on any atom is 0.129 e. The number of pyridine rings is 1. The summed E-state index contributed by atoms with van der Waals surface area (Å²) in [5.41, 5.74) is 6.27. The lowest BCUT2D eigenvalue weighted by Gasteiger charge is -2.23. The number of hydrogen-bond donors (Lipinski definition) is 2. The molecule has 4 nitrogen and oxygen atoms in total. The lowest BCUT2D eigenvalue weighted by atomic mass is 10.2. The molecule has 0 bridgehead atoms. The molecular formula is C13H20N4. The molecule has 0 saturated heterocycles. The molecule has 1 aliphatic carbocycles. The minimum absolute atomic E-state index is 0.111. The molecule has 1 fully saturated rings. The Morgan fingerprint density at radius 2 is 2.35 bits per heavy atom. The van der Waals surface area contributed by atoms with Gasteiger partial charge in [0.2, 0.25) is 0 Å². The van der Waals surface area contributed by atoms with E-state index in [1.165, 1.54) is 25.7 Å². The lowest BCUT2D eigenvalue weighted by Crippen LogP contribution is -2.28. The van der Waals surface area contributed by atoms with Crippen LogP contribution in [0.25, 0.3) is 0 Å². The van der Waals surface area contributed by atoms with Crippen LogP contribution in [0.5, 0.6) is 0 Å². The van der Waals surface area contributed by atoms with Gasteiger partial charge in [0.1, 0.15) is 11.7 Å². The Morgan fingerprint density at radius 3 is 2.94 bits per heavy atom. The Balaban J connectivity index is 2.16. The van der Waals surface area contributed by atoms with Gasteiger partial charge in [0.25, 0.3) is 0 Å². The van der Waals surface area contributed by atoms with Crippen molar-refractivity contribution in [3.8, 4) is 0 Å². The fraction of sp³-hybridized carbons (Fsp3) is 0.538. The molecule has 0 radical (unpaired) electrons. The van der Waals surface area contributed by atoms with Crippen molar-refractivity contribution in [2.24, 2.45) is 5.73 Å². The van der Waals surface area contributed by atoms with Crippen molar-refractivity contribution >= 4 is 11.7 Å². The van der Waals surface area contributed by atoms with Crippen LogP contribution in [0.3, 0.4) is 0 Å². The van der Waals surface area contributed by atoms with Crippen LogP contribution in [0.15, 0.2) is 18.3 Å². The van der Waals surface area contributed by atoms with Gasteiger partial charge >= 0.3 is 0 Å². The minimum Gasteiger partial charge on any atom is -0.384 e. The third-order valence-electron chi connectivity index (χ3n) is 3.09. The second kappa shape index (κ2) is 5.17. The molecule has 1 aromatic rings. The summed E-state index contributed by atoms with van der Waals surface area (Å²) >= 11 is 0. The van der Waals surface area contributed by atoms with Crippen LogP contribution < -0.4 is 10.6 Å². The molecule has 4 heteroatoms. The van der Waals surface area contributed by atoms with Gasteiger partial charge in [-0.1, -0.05) is 13.3 Å². The van der Waals surface area contributed by atoms with Crippen molar-refractivity contribution in [1.29, 1.82) is 5.41 Å². The Morgan fingerprint density at radius 1 is 1.59 bits per heavy atom. The number of anilines is 1. The highest BCUT2D eigenvalue weighted by molar-refractivity contribution is 5.95. The van der Waals surface area contributed by atoms with E-state index in [2.05, 4.69) is 16.8 Å². The van der Waals surface area contributed by atoms with Gasteiger partial charge in [0, 0.05) is 24.3 Å². The first kappa shape index (κ1) is 11.9. The summed E-state index contributed by atoms with van der Waals surface area (Å²) in [4.78, 5) is 6.77. The standard InChI is InChI=1S/C13H20N4/c1-2-3-8-17(11-4-5-11)12-9-10(13(14)15)6-7-16-12/h6-7,9,11H,2-5,8H2,1H3,(H3,14,15). The predicted molar refractivity (Wildman–Crippen MR) is 70.5 cm³/mol. The van der Waals surface area contributed by atoms with E-state index in [-0.39, 0.29) is 5.84 Å². The maximum absolute atomic E-state index is 7.47. The number of nitrogens with one attached hydrogen (secondary N) is 1. The molecular weight excluding hydrogens is 212 g/mol. The van der Waals surface area contributed by atoms with Crippen molar-refractivity contribution in [2.75, 3.05) is 11.4 Å². The normalized spacial score (nSPS) is 14.6. The zero-order valence-corrected chi connectivity index (χ0v) is 10.3. The van der Waals surface area contributed by atoms with Crippen LogP contribution in [0.1, 0.15) is 38.2 Å². The molecule has 0 spiro atoms. The summed E-state index contributed by atoms with van der Waals surface area (Å²) in [6.07, 6.45) is 6.64. The second-order valence-electron chi connectivity index (χ2n) is 4.59. The zero-order chi connectivity index (χ0) is 12.3. The van der Waals surface area contributed by atoms with Crippen LogP contribution >= 0.6 is 0 Å². The number of nitrogen functional groups attached to an aromatic ring is 1. The molecule has 1 saturated carbocycles. The third-order valence-corrected chi connectivity index (χ3v) is 3.09. The maximum atomic E-state index is 7.47. The first-order valence-corrected chi connectivity index (χ1v) is 6.29. The van der Waals surface area contributed by atoms with Gasteiger partial charge in [-0.3, -0.25) is 5.41 Å². The van der Waals surface area contributed by atoms with E-state index in [0.717, 1.165) is 17.9 Å². The molecule has 3 N–H and O–H groups in total. The second-order valence-corrected chi connectivity index (χ2v) is 4.59. The van der Waals surface area contributed by atoms with Gasteiger partial charge in [-0.05, 0) is 31.4 Å². The largest absolute Gasteiger partial charge is 0.384 e. The molecule has 2 rings (SSSR count). The molecule has 17 heavy (non-hydrogen) atoms. The zero-order valence-electron chi connectivity index (χ0n) is 10.3. The highest BCUT2D eigenvalue weighted by atomic mass is 15.2. The van der Waals surface area contributed by atoms with Crippen LogP contribution in [-0.2, 0) is 0 Å². The number of hydrogen-bond acceptors (Lipinski definition) is 3. The Labute approximate surface area is 102 Å². The molecule has 1 heterocycles. The topological polar surface area (TPSA) is 66.0 Å². The van der Waals surface area contributed by atoms with Crippen molar-refractivity contribution in [2.45, 2.75) is 38.6 Å². The predicted octanol–water partition coefficient (Wildman–Crippen LogP) is 2.13. The average Bonchev–Trinajstić information content (AvgIpc) is 3.14. The number of nitrogens with two attached hydrogens (primary N) is 1. The third kappa shape index (κ3) is 2.96. The monoisotopic (exact) mass is 232 g/mol. The quantitative estimate of drug-likeness (QED) is 0.583. The van der Waals surface area contributed by atoms with Gasteiger partial charge in [0.15, 0.2) is 0 Å². The van der Waals surface area contributed by atoms with Crippen molar-refractivity contribution in [3.63, 3.8) is 0 Å². The van der Waals surface area contributed by atoms with Crippen LogP contribution in [0, 0.1) is 5.41 Å². The molecule has 0 unspecified atom stereocenters. The summed E-state index contributed by atoms with van der Waals surface area (Å²) in [5, 5.41) is 7.47. The van der Waals surface area contributed by atoms with E-state index < -0.39 is 0 Å². The molecule has 0 amide bonds. The molecule has 0 aliphatic heterocycles. The summed E-state index contributed by atoms with van der Waals surface area (Å²) in [7, 11) is 0. The number of aromatic nitrogens is 1. The molecule has 0 atom stereocenters. The van der Waals surface area contributed by atoms with E-state index in [0.29, 0.717) is 6.04 Å². The van der Waals surface area contributed by atoms with Gasteiger partial charge in [-0.2, -0.15) is 0 Å².